The number of piperazine rings is 1. The van der Waals surface area contributed by atoms with Gasteiger partial charge >= 0.3 is 0 Å². The lowest BCUT2D eigenvalue weighted by molar-refractivity contribution is 0.372. The van der Waals surface area contributed by atoms with Crippen molar-refractivity contribution in [2.45, 2.75) is 18.2 Å². The van der Waals surface area contributed by atoms with Crippen LogP contribution in [0.1, 0.15) is 12.5 Å². The van der Waals surface area contributed by atoms with E-state index in [0.29, 0.717) is 11.4 Å². The van der Waals surface area contributed by atoms with Gasteiger partial charge < -0.3 is 15.1 Å². The monoisotopic (exact) mass is 542 g/mol. The van der Waals surface area contributed by atoms with E-state index in [0.717, 1.165) is 50.7 Å². The minimum absolute atomic E-state index is 0. The number of guanidine groups is 1. The van der Waals surface area contributed by atoms with Gasteiger partial charge in [-0.15, -0.1) is 24.0 Å². The summed E-state index contributed by atoms with van der Waals surface area (Å²) in [5.41, 5.74) is 2.36. The lowest BCUT2D eigenvalue weighted by atomic mass is 10.1. The molecule has 30 heavy (non-hydrogen) atoms. The molecule has 1 aliphatic heterocycles. The Kier molecular flexibility index (Phi) is 9.41. The normalized spacial score (nSPS) is 14.9. The van der Waals surface area contributed by atoms with Crippen LogP contribution >= 0.6 is 24.0 Å². The second kappa shape index (κ2) is 11.5. The van der Waals surface area contributed by atoms with Crippen molar-refractivity contribution < 1.29 is 8.42 Å². The Balaban J connectivity index is 0.00000320. The van der Waals surface area contributed by atoms with Gasteiger partial charge in [0, 0.05) is 51.2 Å². The van der Waals surface area contributed by atoms with E-state index in [1.54, 1.807) is 12.1 Å². The first-order valence-electron chi connectivity index (χ1n) is 10.1. The molecule has 1 fully saturated rings. The van der Waals surface area contributed by atoms with Crippen LogP contribution in [0.4, 0.5) is 5.69 Å². The van der Waals surface area contributed by atoms with Gasteiger partial charge in [0.05, 0.1) is 4.90 Å². The topological polar surface area (TPSA) is 65.0 Å². The molecule has 8 heteroatoms. The second-order valence-corrected chi connectivity index (χ2v) is 9.23. The summed E-state index contributed by atoms with van der Waals surface area (Å²) in [5, 5.41) is 3.40. The third-order valence-corrected chi connectivity index (χ3v) is 6.18. The molecular formula is C22H31IN4O2S. The molecule has 0 spiro atoms. The van der Waals surface area contributed by atoms with E-state index in [1.807, 2.05) is 18.2 Å². The van der Waals surface area contributed by atoms with E-state index >= 15 is 0 Å². The van der Waals surface area contributed by atoms with Crippen LogP contribution in [0.2, 0.25) is 0 Å². The molecule has 0 radical (unpaired) electrons. The summed E-state index contributed by atoms with van der Waals surface area (Å²) < 4.78 is 23.1. The fourth-order valence-electron chi connectivity index (χ4n) is 3.44. The molecule has 1 N–H and O–H groups in total. The highest BCUT2D eigenvalue weighted by Crippen LogP contribution is 2.16. The first-order chi connectivity index (χ1) is 14.0. The van der Waals surface area contributed by atoms with E-state index in [-0.39, 0.29) is 24.0 Å². The third kappa shape index (κ3) is 6.87. The summed E-state index contributed by atoms with van der Waals surface area (Å²) in [6.45, 7) is 7.40. The summed E-state index contributed by atoms with van der Waals surface area (Å²) >= 11 is 0. The number of para-hydroxylation sites is 1. The summed E-state index contributed by atoms with van der Waals surface area (Å²) in [7, 11) is -3.15. The van der Waals surface area contributed by atoms with Gasteiger partial charge in [-0.25, -0.2) is 8.42 Å². The average Bonchev–Trinajstić information content (AvgIpc) is 2.74. The lowest BCUT2D eigenvalue weighted by Gasteiger charge is -2.37. The van der Waals surface area contributed by atoms with Crippen LogP contribution in [0.5, 0.6) is 0 Å². The molecule has 0 unspecified atom stereocenters. The van der Waals surface area contributed by atoms with Gasteiger partial charge in [-0.2, -0.15) is 0 Å². The van der Waals surface area contributed by atoms with Crippen molar-refractivity contribution in [2.75, 3.05) is 50.4 Å². The Morgan fingerprint density at radius 3 is 2.20 bits per heavy atom. The first kappa shape index (κ1) is 24.5. The van der Waals surface area contributed by atoms with Crippen LogP contribution in [0.15, 0.2) is 64.5 Å². The zero-order valence-corrected chi connectivity index (χ0v) is 20.8. The maximum atomic E-state index is 11.6. The van der Waals surface area contributed by atoms with Crippen LogP contribution < -0.4 is 10.2 Å². The third-order valence-electron chi connectivity index (χ3n) is 5.05. The predicted octanol–water partition coefficient (Wildman–Crippen LogP) is 3.04. The molecule has 0 aromatic heterocycles. The molecule has 1 heterocycles. The van der Waals surface area contributed by atoms with Crippen molar-refractivity contribution in [2.24, 2.45) is 4.99 Å². The highest BCUT2D eigenvalue weighted by molar-refractivity contribution is 14.0. The molecule has 2 aromatic rings. The number of rotatable bonds is 6. The predicted molar refractivity (Wildman–Crippen MR) is 135 cm³/mol. The molecular weight excluding hydrogens is 511 g/mol. The molecule has 0 aliphatic carbocycles. The quantitative estimate of drug-likeness (QED) is 0.346. The van der Waals surface area contributed by atoms with E-state index in [1.165, 1.54) is 11.9 Å². The SMILES string of the molecule is CCNC(=NCCc1ccc(S(C)(=O)=O)cc1)N1CCN(c2ccccc2)CC1.I. The fraction of sp³-hybridized carbons (Fsp3) is 0.409. The van der Waals surface area contributed by atoms with Gasteiger partial charge in [0.2, 0.25) is 0 Å². The van der Waals surface area contributed by atoms with Crippen molar-refractivity contribution in [3.05, 3.63) is 60.2 Å². The zero-order valence-electron chi connectivity index (χ0n) is 17.6. The second-order valence-electron chi connectivity index (χ2n) is 7.21. The van der Waals surface area contributed by atoms with Gasteiger partial charge in [-0.1, -0.05) is 30.3 Å². The highest BCUT2D eigenvalue weighted by atomic mass is 127. The minimum atomic E-state index is -3.15. The molecule has 0 atom stereocenters. The van der Waals surface area contributed by atoms with Crippen molar-refractivity contribution in [1.82, 2.24) is 10.2 Å². The van der Waals surface area contributed by atoms with Crippen molar-refractivity contribution >= 4 is 45.5 Å². The highest BCUT2D eigenvalue weighted by Gasteiger charge is 2.19. The van der Waals surface area contributed by atoms with E-state index in [9.17, 15) is 8.42 Å². The van der Waals surface area contributed by atoms with Crippen LogP contribution in [0, 0.1) is 0 Å². The summed E-state index contributed by atoms with van der Waals surface area (Å²) in [6.07, 6.45) is 2.01. The number of hydrogen-bond donors (Lipinski definition) is 1. The summed E-state index contributed by atoms with van der Waals surface area (Å²) in [5.74, 6) is 0.952. The van der Waals surface area contributed by atoms with Crippen LogP contribution in [-0.2, 0) is 16.3 Å². The Bertz CT molecular complexity index is 910. The number of nitrogens with one attached hydrogen (secondary N) is 1. The van der Waals surface area contributed by atoms with Crippen molar-refractivity contribution in [3.63, 3.8) is 0 Å². The smallest absolute Gasteiger partial charge is 0.194 e. The van der Waals surface area contributed by atoms with Crippen molar-refractivity contribution in [3.8, 4) is 0 Å². The summed E-state index contributed by atoms with van der Waals surface area (Å²) in [4.78, 5) is 9.87. The maximum absolute atomic E-state index is 11.6. The van der Waals surface area contributed by atoms with Gasteiger partial charge in [0.1, 0.15) is 0 Å². The standard InChI is InChI=1S/C22H30N4O2S.HI/c1-3-23-22(24-14-13-19-9-11-21(12-10-19)29(2,27)28)26-17-15-25(16-18-26)20-7-5-4-6-8-20;/h4-12H,3,13-18H2,1-2H3,(H,23,24);1H. The fourth-order valence-corrected chi connectivity index (χ4v) is 4.07. The zero-order chi connectivity index (χ0) is 20.7. The minimum Gasteiger partial charge on any atom is -0.368 e. The number of benzene rings is 2. The number of aliphatic imine (C=N–C) groups is 1. The van der Waals surface area contributed by atoms with E-state index in [2.05, 4.69) is 46.3 Å². The van der Waals surface area contributed by atoms with Gasteiger partial charge in [-0.05, 0) is 43.2 Å². The summed E-state index contributed by atoms with van der Waals surface area (Å²) in [6, 6.07) is 17.6. The molecule has 2 aromatic carbocycles. The molecule has 0 saturated carbocycles. The molecule has 0 amide bonds. The molecule has 1 saturated heterocycles. The molecule has 0 bridgehead atoms. The van der Waals surface area contributed by atoms with E-state index in [4.69, 9.17) is 4.99 Å². The van der Waals surface area contributed by atoms with Gasteiger partial charge in [0.25, 0.3) is 0 Å². The first-order valence-corrected chi connectivity index (χ1v) is 12.0. The number of anilines is 1. The molecule has 6 nitrogen and oxygen atoms in total. The van der Waals surface area contributed by atoms with Crippen LogP contribution in [-0.4, -0.2) is 64.8 Å². The number of sulfone groups is 1. The van der Waals surface area contributed by atoms with Crippen molar-refractivity contribution in [1.29, 1.82) is 0 Å². The molecule has 3 rings (SSSR count). The largest absolute Gasteiger partial charge is 0.368 e. The number of hydrogen-bond acceptors (Lipinski definition) is 4. The average molecular weight is 542 g/mol. The Morgan fingerprint density at radius 1 is 1.00 bits per heavy atom. The van der Waals surface area contributed by atoms with Crippen LogP contribution in [0.25, 0.3) is 0 Å². The lowest BCUT2D eigenvalue weighted by Crippen LogP contribution is -2.52. The number of halogens is 1. The Hall–Kier alpha value is -1.81. The number of nitrogens with zero attached hydrogens (tertiary/aromatic N) is 3. The Labute approximate surface area is 197 Å². The molecule has 1 aliphatic rings. The Morgan fingerprint density at radius 2 is 1.63 bits per heavy atom. The van der Waals surface area contributed by atoms with E-state index < -0.39 is 9.84 Å². The maximum Gasteiger partial charge on any atom is 0.194 e. The van der Waals surface area contributed by atoms with Gasteiger partial charge in [0.15, 0.2) is 15.8 Å². The van der Waals surface area contributed by atoms with Gasteiger partial charge in [-0.3, -0.25) is 4.99 Å². The van der Waals surface area contributed by atoms with Crippen LogP contribution in [0.3, 0.4) is 0 Å². The molecule has 164 valence electrons.